The molecule has 0 aliphatic heterocycles. The lowest BCUT2D eigenvalue weighted by Crippen LogP contribution is -2.26. The summed E-state index contributed by atoms with van der Waals surface area (Å²) in [6.45, 7) is 3.62. The highest BCUT2D eigenvalue weighted by Crippen LogP contribution is 2.17. The van der Waals surface area contributed by atoms with Crippen molar-refractivity contribution in [3.63, 3.8) is 0 Å². The van der Waals surface area contributed by atoms with Crippen LogP contribution < -0.4 is 0 Å². The van der Waals surface area contributed by atoms with Crippen LogP contribution in [-0.2, 0) is 4.74 Å². The molecule has 0 rings (SSSR count). The van der Waals surface area contributed by atoms with Crippen molar-refractivity contribution in [3.05, 3.63) is 12.7 Å². The maximum absolute atomic E-state index is 11.7. The third kappa shape index (κ3) is 5.41. The lowest BCUT2D eigenvalue weighted by molar-refractivity contribution is -0.182. The largest absolute Gasteiger partial charge is 0.411 e. The molecule has 0 spiro atoms. The highest BCUT2D eigenvalue weighted by Gasteiger charge is 2.29. The van der Waals surface area contributed by atoms with E-state index in [0.717, 1.165) is 6.21 Å². The van der Waals surface area contributed by atoms with E-state index in [0.29, 0.717) is 0 Å². The summed E-state index contributed by atoms with van der Waals surface area (Å²) < 4.78 is 39.6. The number of nitrogens with one attached hydrogen (secondary N) is 1. The van der Waals surface area contributed by atoms with E-state index in [1.165, 1.54) is 6.08 Å². The molecule has 76 valence electrons. The first-order valence-electron chi connectivity index (χ1n) is 3.72. The van der Waals surface area contributed by atoms with Crippen LogP contribution in [0.5, 0.6) is 0 Å². The quantitative estimate of drug-likeness (QED) is 0.530. The molecule has 0 aliphatic carbocycles. The lowest BCUT2D eigenvalue weighted by Gasteiger charge is -2.18. The molecule has 0 fully saturated rings. The molecular formula is C8H12F3NO. The number of halogens is 3. The molecule has 0 heterocycles. The second-order valence-corrected chi connectivity index (χ2v) is 2.65. The molecule has 2 nitrogen and oxygen atoms in total. The first-order valence-corrected chi connectivity index (χ1v) is 3.72. The second-order valence-electron chi connectivity index (χ2n) is 2.65. The maximum atomic E-state index is 11.7. The van der Waals surface area contributed by atoms with Crippen LogP contribution >= 0.6 is 0 Å². The van der Waals surface area contributed by atoms with Gasteiger partial charge in [-0.15, -0.1) is 6.58 Å². The molecule has 0 aromatic heterocycles. The average molecular weight is 195 g/mol. The van der Waals surface area contributed by atoms with Gasteiger partial charge < -0.3 is 10.1 Å². The van der Waals surface area contributed by atoms with Crippen molar-refractivity contribution < 1.29 is 17.9 Å². The Hall–Kier alpha value is -0.840. The molecule has 0 saturated heterocycles. The zero-order valence-corrected chi connectivity index (χ0v) is 7.27. The minimum Gasteiger partial charge on any atom is -0.364 e. The second kappa shape index (κ2) is 5.01. The highest BCUT2D eigenvalue weighted by atomic mass is 19.4. The molecule has 0 bridgehead atoms. The Morgan fingerprint density at radius 2 is 2.08 bits per heavy atom. The van der Waals surface area contributed by atoms with Crippen molar-refractivity contribution in [3.8, 4) is 0 Å². The van der Waals surface area contributed by atoms with Gasteiger partial charge in [0.05, 0.1) is 6.10 Å². The van der Waals surface area contributed by atoms with E-state index in [2.05, 4.69) is 11.3 Å². The summed E-state index contributed by atoms with van der Waals surface area (Å²) in [4.78, 5) is 0. The standard InChI is InChI=1S/C8H12F3NO/c1-3-7(6(2)4-12)13-5-8(9,10)11/h3-4,6-7,12H,1,5H2,2H3. The first-order chi connectivity index (χ1) is 5.90. The first kappa shape index (κ1) is 12.2. The topological polar surface area (TPSA) is 33.1 Å². The molecule has 0 saturated carbocycles. The maximum Gasteiger partial charge on any atom is 0.411 e. The monoisotopic (exact) mass is 195 g/mol. The highest BCUT2D eigenvalue weighted by molar-refractivity contribution is 5.57. The summed E-state index contributed by atoms with van der Waals surface area (Å²) in [5, 5.41) is 6.84. The normalized spacial score (nSPS) is 16.3. The van der Waals surface area contributed by atoms with E-state index < -0.39 is 18.9 Å². The van der Waals surface area contributed by atoms with E-state index in [9.17, 15) is 13.2 Å². The lowest BCUT2D eigenvalue weighted by atomic mass is 10.1. The fraction of sp³-hybridized carbons (Fsp3) is 0.625. The Morgan fingerprint density at radius 1 is 1.54 bits per heavy atom. The van der Waals surface area contributed by atoms with E-state index in [-0.39, 0.29) is 5.92 Å². The Kier molecular flexibility index (Phi) is 4.69. The smallest absolute Gasteiger partial charge is 0.364 e. The van der Waals surface area contributed by atoms with Gasteiger partial charge in [0.25, 0.3) is 0 Å². The van der Waals surface area contributed by atoms with E-state index in [1.54, 1.807) is 6.92 Å². The van der Waals surface area contributed by atoms with Gasteiger partial charge in [0.15, 0.2) is 0 Å². The Labute approximate surface area is 74.9 Å². The van der Waals surface area contributed by atoms with Crippen molar-refractivity contribution in [2.24, 2.45) is 5.92 Å². The van der Waals surface area contributed by atoms with Crippen LogP contribution in [0, 0.1) is 11.3 Å². The summed E-state index contributed by atoms with van der Waals surface area (Å²) in [6.07, 6.45) is -2.79. The molecule has 0 aromatic carbocycles. The Balaban J connectivity index is 3.99. The number of hydrogen-bond donors (Lipinski definition) is 1. The van der Waals surface area contributed by atoms with Crippen LogP contribution in [0.15, 0.2) is 12.7 Å². The summed E-state index contributed by atoms with van der Waals surface area (Å²) in [5.41, 5.74) is 0. The summed E-state index contributed by atoms with van der Waals surface area (Å²) >= 11 is 0. The third-order valence-electron chi connectivity index (χ3n) is 1.45. The van der Waals surface area contributed by atoms with Gasteiger partial charge in [-0.1, -0.05) is 13.0 Å². The summed E-state index contributed by atoms with van der Waals surface area (Å²) in [5.74, 6) is -0.389. The SMILES string of the molecule is C=CC(OCC(F)(F)F)C(C)C=N. The van der Waals surface area contributed by atoms with Gasteiger partial charge >= 0.3 is 6.18 Å². The minimum absolute atomic E-state index is 0.389. The predicted molar refractivity (Wildman–Crippen MR) is 43.9 cm³/mol. The number of rotatable bonds is 5. The molecular weight excluding hydrogens is 183 g/mol. The van der Waals surface area contributed by atoms with Crippen LogP contribution in [0.25, 0.3) is 0 Å². The van der Waals surface area contributed by atoms with Gasteiger partial charge in [0.1, 0.15) is 6.61 Å². The fourth-order valence-corrected chi connectivity index (χ4v) is 0.720. The van der Waals surface area contributed by atoms with Gasteiger partial charge in [0.2, 0.25) is 0 Å². The Morgan fingerprint density at radius 3 is 2.38 bits per heavy atom. The summed E-state index contributed by atoms with van der Waals surface area (Å²) in [6, 6.07) is 0. The number of ether oxygens (including phenoxy) is 1. The van der Waals surface area contributed by atoms with Crippen LogP contribution in [0.2, 0.25) is 0 Å². The molecule has 0 radical (unpaired) electrons. The molecule has 5 heteroatoms. The van der Waals surface area contributed by atoms with Gasteiger partial charge in [-0.2, -0.15) is 13.2 Å². The molecule has 0 aliphatic rings. The van der Waals surface area contributed by atoms with Gasteiger partial charge in [-0.05, 0) is 0 Å². The number of hydrogen-bond acceptors (Lipinski definition) is 2. The molecule has 2 atom stereocenters. The van der Waals surface area contributed by atoms with Gasteiger partial charge in [-0.3, -0.25) is 0 Å². The number of alkyl halides is 3. The van der Waals surface area contributed by atoms with Crippen LogP contribution in [0.3, 0.4) is 0 Å². The molecule has 0 amide bonds. The summed E-state index contributed by atoms with van der Waals surface area (Å²) in [7, 11) is 0. The van der Waals surface area contributed by atoms with Crippen molar-refractivity contribution in [1.29, 1.82) is 5.41 Å². The van der Waals surface area contributed by atoms with Gasteiger partial charge in [-0.25, -0.2) is 0 Å². The van der Waals surface area contributed by atoms with E-state index in [1.807, 2.05) is 0 Å². The zero-order valence-electron chi connectivity index (χ0n) is 7.27. The van der Waals surface area contributed by atoms with E-state index >= 15 is 0 Å². The molecule has 13 heavy (non-hydrogen) atoms. The zero-order chi connectivity index (χ0) is 10.5. The van der Waals surface area contributed by atoms with E-state index in [4.69, 9.17) is 5.41 Å². The van der Waals surface area contributed by atoms with Crippen LogP contribution in [0.1, 0.15) is 6.92 Å². The molecule has 2 unspecified atom stereocenters. The van der Waals surface area contributed by atoms with Crippen molar-refractivity contribution in [2.75, 3.05) is 6.61 Å². The average Bonchev–Trinajstić information content (AvgIpc) is 2.03. The Bertz CT molecular complexity index is 179. The third-order valence-corrected chi connectivity index (χ3v) is 1.45. The van der Waals surface area contributed by atoms with Crippen molar-refractivity contribution in [1.82, 2.24) is 0 Å². The van der Waals surface area contributed by atoms with Crippen molar-refractivity contribution >= 4 is 6.21 Å². The molecule has 0 aromatic rings. The van der Waals surface area contributed by atoms with Crippen molar-refractivity contribution in [2.45, 2.75) is 19.2 Å². The fourth-order valence-electron chi connectivity index (χ4n) is 0.720. The van der Waals surface area contributed by atoms with Crippen LogP contribution in [0.4, 0.5) is 13.2 Å². The predicted octanol–water partition coefficient (Wildman–Crippen LogP) is 2.41. The van der Waals surface area contributed by atoms with Gasteiger partial charge in [0, 0.05) is 12.1 Å². The minimum atomic E-state index is -4.33. The molecule has 1 N–H and O–H groups in total. The van der Waals surface area contributed by atoms with Crippen LogP contribution in [-0.4, -0.2) is 25.1 Å².